The molecule has 5 nitrogen and oxygen atoms in total. The lowest BCUT2D eigenvalue weighted by molar-refractivity contribution is -0.118. The molecule has 5 N–H and O–H groups in total. The number of rotatable bonds is 5. The third kappa shape index (κ3) is 3.94. The van der Waals surface area contributed by atoms with Gasteiger partial charge in [0.15, 0.2) is 0 Å². The van der Waals surface area contributed by atoms with E-state index in [1.165, 1.54) is 12.1 Å². The van der Waals surface area contributed by atoms with Crippen LogP contribution < -0.4 is 16.8 Å². The van der Waals surface area contributed by atoms with Crippen molar-refractivity contribution < 1.29 is 9.59 Å². The number of benzene rings is 1. The Balaban J connectivity index is 2.81. The van der Waals surface area contributed by atoms with E-state index >= 15 is 0 Å². The predicted octanol–water partition coefficient (Wildman–Crippen LogP) is 1.75. The first-order valence-electron chi connectivity index (χ1n) is 6.02. The number of anilines is 1. The van der Waals surface area contributed by atoms with E-state index in [9.17, 15) is 9.59 Å². The van der Waals surface area contributed by atoms with Crippen molar-refractivity contribution in [3.05, 3.63) is 28.8 Å². The zero-order chi connectivity index (χ0) is 14.6. The molecule has 0 fully saturated rings. The molecule has 0 aliphatic rings. The fourth-order valence-corrected chi connectivity index (χ4v) is 1.80. The van der Waals surface area contributed by atoms with Gasteiger partial charge in [-0.2, -0.15) is 0 Å². The number of hydrogen-bond donors (Lipinski definition) is 3. The highest BCUT2D eigenvalue weighted by molar-refractivity contribution is 6.34. The van der Waals surface area contributed by atoms with E-state index in [0.717, 1.165) is 6.42 Å². The van der Waals surface area contributed by atoms with Gasteiger partial charge in [-0.1, -0.05) is 31.9 Å². The lowest BCUT2D eigenvalue weighted by Gasteiger charge is -2.17. The number of amides is 2. The first kappa shape index (κ1) is 15.5. The Labute approximate surface area is 117 Å². The van der Waals surface area contributed by atoms with Gasteiger partial charge in [0.1, 0.15) is 0 Å². The van der Waals surface area contributed by atoms with Gasteiger partial charge in [-0.3, -0.25) is 9.59 Å². The van der Waals surface area contributed by atoms with E-state index < -0.39 is 11.9 Å². The number of hydrogen-bond acceptors (Lipinski definition) is 3. The van der Waals surface area contributed by atoms with Gasteiger partial charge in [-0.25, -0.2) is 0 Å². The number of halogens is 1. The highest BCUT2D eigenvalue weighted by Gasteiger charge is 2.19. The lowest BCUT2D eigenvalue weighted by atomic mass is 9.99. The second-order valence-electron chi connectivity index (χ2n) is 4.46. The molecule has 1 aromatic rings. The summed E-state index contributed by atoms with van der Waals surface area (Å²) < 4.78 is 0. The zero-order valence-electron chi connectivity index (χ0n) is 10.9. The molecule has 0 aromatic heterocycles. The SMILES string of the molecule is CCC(C)C(N)C(=O)Nc1ccc(C(N)=O)c(Cl)c1. The van der Waals surface area contributed by atoms with Crippen LogP contribution in [0.2, 0.25) is 5.02 Å². The maximum atomic E-state index is 11.9. The van der Waals surface area contributed by atoms with E-state index in [2.05, 4.69) is 5.32 Å². The van der Waals surface area contributed by atoms with Crippen molar-refractivity contribution in [2.45, 2.75) is 26.3 Å². The number of carbonyl (C=O) groups excluding carboxylic acids is 2. The number of carbonyl (C=O) groups is 2. The molecule has 2 amide bonds. The number of nitrogens with two attached hydrogens (primary N) is 2. The minimum Gasteiger partial charge on any atom is -0.366 e. The number of nitrogens with one attached hydrogen (secondary N) is 1. The minimum absolute atomic E-state index is 0.0837. The summed E-state index contributed by atoms with van der Waals surface area (Å²) in [6, 6.07) is 3.92. The molecule has 0 heterocycles. The van der Waals surface area contributed by atoms with Crippen LogP contribution in [0.1, 0.15) is 30.6 Å². The monoisotopic (exact) mass is 283 g/mol. The molecule has 0 bridgehead atoms. The molecule has 0 saturated heterocycles. The molecular weight excluding hydrogens is 266 g/mol. The summed E-state index contributed by atoms with van der Waals surface area (Å²) in [7, 11) is 0. The molecule has 0 aliphatic carbocycles. The Morgan fingerprint density at radius 3 is 2.53 bits per heavy atom. The first-order valence-corrected chi connectivity index (χ1v) is 6.40. The average Bonchev–Trinajstić information content (AvgIpc) is 2.36. The number of primary amides is 1. The van der Waals surface area contributed by atoms with Crippen LogP contribution in [-0.4, -0.2) is 17.9 Å². The fourth-order valence-electron chi connectivity index (χ4n) is 1.53. The third-order valence-electron chi connectivity index (χ3n) is 3.06. The van der Waals surface area contributed by atoms with Crippen LogP contribution in [0, 0.1) is 5.92 Å². The zero-order valence-corrected chi connectivity index (χ0v) is 11.7. The second kappa shape index (κ2) is 6.54. The minimum atomic E-state index is -0.612. The summed E-state index contributed by atoms with van der Waals surface area (Å²) >= 11 is 5.89. The molecular formula is C13H18ClN3O2. The molecule has 2 unspecified atom stereocenters. The predicted molar refractivity (Wildman–Crippen MR) is 76.0 cm³/mol. The van der Waals surface area contributed by atoms with Crippen molar-refractivity contribution >= 4 is 29.1 Å². The van der Waals surface area contributed by atoms with E-state index in [4.69, 9.17) is 23.1 Å². The van der Waals surface area contributed by atoms with Gasteiger partial charge in [0.2, 0.25) is 11.8 Å². The van der Waals surface area contributed by atoms with Crippen molar-refractivity contribution in [1.82, 2.24) is 0 Å². The highest BCUT2D eigenvalue weighted by Crippen LogP contribution is 2.21. The summed E-state index contributed by atoms with van der Waals surface area (Å²) in [5, 5.41) is 2.86. The topological polar surface area (TPSA) is 98.2 Å². The summed E-state index contributed by atoms with van der Waals surface area (Å²) in [6.07, 6.45) is 0.815. The van der Waals surface area contributed by atoms with E-state index in [1.54, 1.807) is 6.07 Å². The first-order chi connectivity index (χ1) is 8.86. The molecule has 1 rings (SSSR count). The fraction of sp³-hybridized carbons (Fsp3) is 0.385. The van der Waals surface area contributed by atoms with Crippen molar-refractivity contribution in [2.75, 3.05) is 5.32 Å². The van der Waals surface area contributed by atoms with Gasteiger partial charge < -0.3 is 16.8 Å². The maximum absolute atomic E-state index is 11.9. The molecule has 0 saturated carbocycles. The Morgan fingerprint density at radius 1 is 1.42 bits per heavy atom. The molecule has 0 radical (unpaired) electrons. The summed E-state index contributed by atoms with van der Waals surface area (Å²) in [5.41, 5.74) is 11.7. The second-order valence-corrected chi connectivity index (χ2v) is 4.87. The summed E-state index contributed by atoms with van der Waals surface area (Å²) in [4.78, 5) is 22.9. The van der Waals surface area contributed by atoms with Crippen molar-refractivity contribution in [1.29, 1.82) is 0 Å². The largest absolute Gasteiger partial charge is 0.366 e. The standard InChI is InChI=1S/C13H18ClN3O2/c1-3-7(2)11(15)13(19)17-8-4-5-9(12(16)18)10(14)6-8/h4-7,11H,3,15H2,1-2H3,(H2,16,18)(H,17,19). The van der Waals surface area contributed by atoms with Gasteiger partial charge in [0.25, 0.3) is 0 Å². The smallest absolute Gasteiger partial charge is 0.250 e. The average molecular weight is 284 g/mol. The van der Waals surface area contributed by atoms with Crippen LogP contribution in [-0.2, 0) is 4.79 Å². The summed E-state index contributed by atoms with van der Waals surface area (Å²) in [6.45, 7) is 3.88. The molecule has 19 heavy (non-hydrogen) atoms. The molecule has 2 atom stereocenters. The third-order valence-corrected chi connectivity index (χ3v) is 3.37. The quantitative estimate of drug-likeness (QED) is 0.768. The Bertz CT molecular complexity index is 491. The molecule has 104 valence electrons. The van der Waals surface area contributed by atoms with E-state index in [-0.39, 0.29) is 22.4 Å². The Hall–Kier alpha value is -1.59. The van der Waals surface area contributed by atoms with Gasteiger partial charge in [0, 0.05) is 5.69 Å². The van der Waals surface area contributed by atoms with Gasteiger partial charge in [-0.05, 0) is 24.1 Å². The van der Waals surface area contributed by atoms with E-state index in [0.29, 0.717) is 5.69 Å². The maximum Gasteiger partial charge on any atom is 0.250 e. The van der Waals surface area contributed by atoms with Crippen LogP contribution >= 0.6 is 11.6 Å². The van der Waals surface area contributed by atoms with Gasteiger partial charge >= 0.3 is 0 Å². The lowest BCUT2D eigenvalue weighted by Crippen LogP contribution is -2.40. The van der Waals surface area contributed by atoms with Gasteiger partial charge in [0.05, 0.1) is 16.6 Å². The van der Waals surface area contributed by atoms with Gasteiger partial charge in [-0.15, -0.1) is 0 Å². The Kier molecular flexibility index (Phi) is 5.32. The molecule has 6 heteroatoms. The normalized spacial score (nSPS) is 13.7. The van der Waals surface area contributed by atoms with Crippen LogP contribution in [0.25, 0.3) is 0 Å². The highest BCUT2D eigenvalue weighted by atomic mass is 35.5. The van der Waals surface area contributed by atoms with Crippen LogP contribution in [0.4, 0.5) is 5.69 Å². The molecule has 1 aromatic carbocycles. The van der Waals surface area contributed by atoms with Crippen molar-refractivity contribution in [3.8, 4) is 0 Å². The van der Waals surface area contributed by atoms with Crippen LogP contribution in [0.5, 0.6) is 0 Å². The van der Waals surface area contributed by atoms with Crippen LogP contribution in [0.15, 0.2) is 18.2 Å². The van der Waals surface area contributed by atoms with Crippen molar-refractivity contribution in [3.63, 3.8) is 0 Å². The van der Waals surface area contributed by atoms with Crippen LogP contribution in [0.3, 0.4) is 0 Å². The molecule has 0 spiro atoms. The van der Waals surface area contributed by atoms with Crippen molar-refractivity contribution in [2.24, 2.45) is 17.4 Å². The molecule has 0 aliphatic heterocycles. The van der Waals surface area contributed by atoms with E-state index in [1.807, 2.05) is 13.8 Å². The summed E-state index contributed by atoms with van der Waals surface area (Å²) in [5.74, 6) is -0.809. The Morgan fingerprint density at radius 2 is 2.05 bits per heavy atom.